The van der Waals surface area contributed by atoms with E-state index in [1.165, 1.54) is 5.57 Å². The number of nitrogens with zero attached hydrogens (tertiary/aromatic N) is 2. The highest BCUT2D eigenvalue weighted by Crippen LogP contribution is 2.15. The van der Waals surface area contributed by atoms with Crippen molar-refractivity contribution in [2.75, 3.05) is 19.6 Å². The van der Waals surface area contributed by atoms with E-state index in [1.807, 2.05) is 35.8 Å². The van der Waals surface area contributed by atoms with Gasteiger partial charge in [-0.2, -0.15) is 0 Å². The molecule has 1 aromatic carbocycles. The maximum absolute atomic E-state index is 12.1. The van der Waals surface area contributed by atoms with Gasteiger partial charge in [0, 0.05) is 13.1 Å². The number of para-hydroxylation sites is 2. The molecule has 0 unspecified atom stereocenters. The Kier molecular flexibility index (Phi) is 4.01. The number of carbonyl (C=O) groups is 1. The highest BCUT2D eigenvalue weighted by Gasteiger charge is 2.11. The largest absolute Gasteiger partial charge is 0.351 e. The molecule has 5 heteroatoms. The van der Waals surface area contributed by atoms with Crippen molar-refractivity contribution in [3.63, 3.8) is 0 Å². The molecule has 3 rings (SSSR count). The Morgan fingerprint density at radius 3 is 3.10 bits per heavy atom. The predicted octanol–water partition coefficient (Wildman–Crippen LogP) is 1.38. The van der Waals surface area contributed by atoms with Crippen LogP contribution in [0, 0.1) is 6.92 Å². The van der Waals surface area contributed by atoms with Crippen LogP contribution < -0.4 is 10.6 Å². The van der Waals surface area contributed by atoms with E-state index in [1.54, 1.807) is 0 Å². The van der Waals surface area contributed by atoms with Gasteiger partial charge in [-0.05, 0) is 32.0 Å². The molecular formula is C16H20N4O. The Morgan fingerprint density at radius 2 is 2.29 bits per heavy atom. The van der Waals surface area contributed by atoms with Crippen LogP contribution in [0.2, 0.25) is 0 Å². The SMILES string of the molecule is Cc1nc2ccccc2n1CC(=O)NCC1=CCNCC1. The summed E-state index contributed by atoms with van der Waals surface area (Å²) >= 11 is 0. The minimum atomic E-state index is 0.0284. The highest BCUT2D eigenvalue weighted by atomic mass is 16.1. The van der Waals surface area contributed by atoms with E-state index < -0.39 is 0 Å². The quantitative estimate of drug-likeness (QED) is 0.834. The second-order valence-electron chi connectivity index (χ2n) is 5.33. The van der Waals surface area contributed by atoms with Gasteiger partial charge in [-0.3, -0.25) is 4.79 Å². The Hall–Kier alpha value is -2.14. The highest BCUT2D eigenvalue weighted by molar-refractivity contribution is 5.81. The van der Waals surface area contributed by atoms with Crippen LogP contribution in [0.15, 0.2) is 35.9 Å². The van der Waals surface area contributed by atoms with Gasteiger partial charge in [0.25, 0.3) is 0 Å². The fourth-order valence-electron chi connectivity index (χ4n) is 2.64. The van der Waals surface area contributed by atoms with E-state index in [-0.39, 0.29) is 5.91 Å². The molecule has 1 aliphatic rings. The number of fused-ring (bicyclic) bond motifs is 1. The summed E-state index contributed by atoms with van der Waals surface area (Å²) in [5.41, 5.74) is 3.24. The minimum Gasteiger partial charge on any atom is -0.351 e. The van der Waals surface area contributed by atoms with Crippen LogP contribution in [0.4, 0.5) is 0 Å². The molecule has 1 amide bonds. The zero-order chi connectivity index (χ0) is 14.7. The number of rotatable bonds is 4. The van der Waals surface area contributed by atoms with Crippen LogP contribution in [0.1, 0.15) is 12.2 Å². The van der Waals surface area contributed by atoms with Crippen LogP contribution in [0.25, 0.3) is 11.0 Å². The fraction of sp³-hybridized carbons (Fsp3) is 0.375. The third kappa shape index (κ3) is 3.13. The van der Waals surface area contributed by atoms with Crippen LogP contribution in [-0.2, 0) is 11.3 Å². The molecule has 110 valence electrons. The summed E-state index contributed by atoms with van der Waals surface area (Å²) in [7, 11) is 0. The molecule has 0 fully saturated rings. The molecule has 0 radical (unpaired) electrons. The van der Waals surface area contributed by atoms with Crippen LogP contribution in [-0.4, -0.2) is 35.1 Å². The first-order valence-corrected chi connectivity index (χ1v) is 7.31. The van der Waals surface area contributed by atoms with Crippen molar-refractivity contribution in [3.05, 3.63) is 41.7 Å². The van der Waals surface area contributed by atoms with Gasteiger partial charge in [0.2, 0.25) is 5.91 Å². The minimum absolute atomic E-state index is 0.0284. The number of benzene rings is 1. The van der Waals surface area contributed by atoms with Crippen molar-refractivity contribution in [3.8, 4) is 0 Å². The van der Waals surface area contributed by atoms with E-state index in [2.05, 4.69) is 21.7 Å². The zero-order valence-corrected chi connectivity index (χ0v) is 12.2. The molecule has 21 heavy (non-hydrogen) atoms. The average molecular weight is 284 g/mol. The second kappa shape index (κ2) is 6.10. The van der Waals surface area contributed by atoms with Crippen LogP contribution in [0.3, 0.4) is 0 Å². The van der Waals surface area contributed by atoms with Gasteiger partial charge in [-0.1, -0.05) is 23.8 Å². The normalized spacial score (nSPS) is 15.0. The van der Waals surface area contributed by atoms with Gasteiger partial charge in [-0.25, -0.2) is 4.98 Å². The molecule has 0 saturated heterocycles. The van der Waals surface area contributed by atoms with Gasteiger partial charge >= 0.3 is 0 Å². The van der Waals surface area contributed by atoms with E-state index in [4.69, 9.17) is 0 Å². The lowest BCUT2D eigenvalue weighted by Gasteiger charge is -2.15. The fourth-order valence-corrected chi connectivity index (χ4v) is 2.64. The number of aromatic nitrogens is 2. The summed E-state index contributed by atoms with van der Waals surface area (Å²) in [6.45, 7) is 4.79. The molecular weight excluding hydrogens is 264 g/mol. The number of hydrogen-bond donors (Lipinski definition) is 2. The van der Waals surface area contributed by atoms with Crippen molar-refractivity contribution < 1.29 is 4.79 Å². The molecule has 0 spiro atoms. The average Bonchev–Trinajstić information content (AvgIpc) is 2.82. The molecule has 1 aliphatic heterocycles. The lowest BCUT2D eigenvalue weighted by molar-refractivity contribution is -0.121. The number of imidazole rings is 1. The van der Waals surface area contributed by atoms with E-state index in [0.29, 0.717) is 13.1 Å². The first-order chi connectivity index (χ1) is 10.2. The van der Waals surface area contributed by atoms with Gasteiger partial charge in [-0.15, -0.1) is 0 Å². The monoisotopic (exact) mass is 284 g/mol. The molecule has 0 bridgehead atoms. The first kappa shape index (κ1) is 13.8. The second-order valence-corrected chi connectivity index (χ2v) is 5.33. The lowest BCUT2D eigenvalue weighted by atomic mass is 10.1. The van der Waals surface area contributed by atoms with E-state index in [0.717, 1.165) is 36.4 Å². The Labute approximate surface area is 124 Å². The van der Waals surface area contributed by atoms with Gasteiger partial charge in [0.1, 0.15) is 12.4 Å². The number of nitrogens with one attached hydrogen (secondary N) is 2. The molecule has 1 aromatic heterocycles. The van der Waals surface area contributed by atoms with Crippen molar-refractivity contribution in [2.24, 2.45) is 0 Å². The van der Waals surface area contributed by atoms with Gasteiger partial charge in [0.15, 0.2) is 0 Å². The number of carbonyl (C=O) groups excluding carboxylic acids is 1. The number of amides is 1. The number of hydrogen-bond acceptors (Lipinski definition) is 3. The summed E-state index contributed by atoms with van der Waals surface area (Å²) in [6, 6.07) is 7.90. The topological polar surface area (TPSA) is 59.0 Å². The number of aryl methyl sites for hydroxylation is 1. The summed E-state index contributed by atoms with van der Waals surface area (Å²) in [5.74, 6) is 0.896. The van der Waals surface area contributed by atoms with Gasteiger partial charge < -0.3 is 15.2 Å². The molecule has 0 aliphatic carbocycles. The third-order valence-corrected chi connectivity index (χ3v) is 3.82. The Balaban J connectivity index is 1.66. The molecule has 0 atom stereocenters. The Bertz CT molecular complexity index is 687. The maximum atomic E-state index is 12.1. The maximum Gasteiger partial charge on any atom is 0.240 e. The smallest absolute Gasteiger partial charge is 0.240 e. The van der Waals surface area contributed by atoms with E-state index >= 15 is 0 Å². The summed E-state index contributed by atoms with van der Waals surface area (Å²) in [5, 5.41) is 6.26. The Morgan fingerprint density at radius 1 is 1.43 bits per heavy atom. The van der Waals surface area contributed by atoms with Crippen molar-refractivity contribution in [1.29, 1.82) is 0 Å². The van der Waals surface area contributed by atoms with Crippen LogP contribution in [0.5, 0.6) is 0 Å². The summed E-state index contributed by atoms with van der Waals surface area (Å²) in [6.07, 6.45) is 3.16. The summed E-state index contributed by atoms with van der Waals surface area (Å²) < 4.78 is 1.96. The molecule has 2 N–H and O–H groups in total. The first-order valence-electron chi connectivity index (χ1n) is 7.31. The molecule has 0 saturated carbocycles. The third-order valence-electron chi connectivity index (χ3n) is 3.82. The molecule has 5 nitrogen and oxygen atoms in total. The van der Waals surface area contributed by atoms with Gasteiger partial charge in [0.05, 0.1) is 11.0 Å². The lowest BCUT2D eigenvalue weighted by Crippen LogP contribution is -2.32. The molecule has 2 aromatic rings. The van der Waals surface area contributed by atoms with Crippen LogP contribution >= 0.6 is 0 Å². The van der Waals surface area contributed by atoms with Crippen molar-refractivity contribution >= 4 is 16.9 Å². The molecule has 2 heterocycles. The van der Waals surface area contributed by atoms with Crippen molar-refractivity contribution in [1.82, 2.24) is 20.2 Å². The predicted molar refractivity (Wildman–Crippen MR) is 83.0 cm³/mol. The van der Waals surface area contributed by atoms with E-state index in [9.17, 15) is 4.79 Å². The van der Waals surface area contributed by atoms with Crippen molar-refractivity contribution in [2.45, 2.75) is 19.9 Å². The standard InChI is InChI=1S/C16H20N4O/c1-12-19-14-4-2-3-5-15(14)20(12)11-16(21)18-10-13-6-8-17-9-7-13/h2-6,17H,7-11H2,1H3,(H,18,21). The summed E-state index contributed by atoms with van der Waals surface area (Å²) in [4.78, 5) is 16.6. The zero-order valence-electron chi connectivity index (χ0n) is 12.2.